The number of halogens is 1. The van der Waals surface area contributed by atoms with E-state index < -0.39 is 11.5 Å². The summed E-state index contributed by atoms with van der Waals surface area (Å²) in [4.78, 5) is 10.8. The number of aliphatic carboxylic acids is 1. The first-order chi connectivity index (χ1) is 6.42. The van der Waals surface area contributed by atoms with Gasteiger partial charge in [-0.3, -0.25) is 4.79 Å². The molecule has 1 aromatic carbocycles. The molecule has 0 radical (unpaired) electrons. The summed E-state index contributed by atoms with van der Waals surface area (Å²) < 4.78 is 0.968. The topological polar surface area (TPSA) is 63.3 Å². The van der Waals surface area contributed by atoms with Crippen LogP contribution in [-0.2, 0) is 11.2 Å². The number of hydrogen-bond acceptors (Lipinski definition) is 2. The minimum Gasteiger partial charge on any atom is -0.480 e. The van der Waals surface area contributed by atoms with E-state index in [0.717, 1.165) is 10.0 Å². The van der Waals surface area contributed by atoms with Crippen LogP contribution in [-0.4, -0.2) is 16.6 Å². The molecule has 0 saturated carbocycles. The molecule has 3 N–H and O–H groups in total. The highest BCUT2D eigenvalue weighted by Gasteiger charge is 2.27. The van der Waals surface area contributed by atoms with Gasteiger partial charge in [-0.2, -0.15) is 0 Å². The van der Waals surface area contributed by atoms with Crippen molar-refractivity contribution in [3.05, 3.63) is 34.3 Å². The van der Waals surface area contributed by atoms with Gasteiger partial charge < -0.3 is 10.8 Å². The fourth-order valence-corrected chi connectivity index (χ4v) is 1.37. The minimum absolute atomic E-state index is 0.329. The molecule has 76 valence electrons. The molecule has 14 heavy (non-hydrogen) atoms. The maximum atomic E-state index is 10.8. The van der Waals surface area contributed by atoms with Crippen molar-refractivity contribution >= 4 is 21.9 Å². The van der Waals surface area contributed by atoms with Crippen molar-refractivity contribution in [3.8, 4) is 0 Å². The van der Waals surface area contributed by atoms with Crippen molar-refractivity contribution in [1.29, 1.82) is 0 Å². The highest BCUT2D eigenvalue weighted by atomic mass is 79.9. The Bertz CT molecular complexity index is 332. The Labute approximate surface area is 91.1 Å². The Morgan fingerprint density at radius 3 is 2.43 bits per heavy atom. The van der Waals surface area contributed by atoms with Crippen molar-refractivity contribution < 1.29 is 9.90 Å². The highest BCUT2D eigenvalue weighted by Crippen LogP contribution is 2.15. The van der Waals surface area contributed by atoms with Crippen LogP contribution < -0.4 is 5.73 Å². The number of carbonyl (C=O) groups is 1. The molecule has 0 aromatic heterocycles. The third kappa shape index (κ3) is 2.82. The Morgan fingerprint density at radius 1 is 1.50 bits per heavy atom. The molecular formula is C10H12BrNO2. The highest BCUT2D eigenvalue weighted by molar-refractivity contribution is 9.10. The van der Waals surface area contributed by atoms with Crippen LogP contribution in [0.1, 0.15) is 12.5 Å². The summed E-state index contributed by atoms with van der Waals surface area (Å²) in [5.41, 5.74) is 5.34. The zero-order valence-electron chi connectivity index (χ0n) is 7.83. The lowest BCUT2D eigenvalue weighted by Gasteiger charge is -2.18. The third-order valence-corrected chi connectivity index (χ3v) is 2.50. The zero-order chi connectivity index (χ0) is 10.8. The molecule has 0 aliphatic heterocycles. The van der Waals surface area contributed by atoms with Gasteiger partial charge in [-0.15, -0.1) is 0 Å². The zero-order valence-corrected chi connectivity index (χ0v) is 9.41. The van der Waals surface area contributed by atoms with Crippen LogP contribution in [0.25, 0.3) is 0 Å². The van der Waals surface area contributed by atoms with E-state index in [-0.39, 0.29) is 0 Å². The standard InChI is InChI=1S/C10H12BrNO2/c1-10(12,9(13)14)6-7-2-4-8(11)5-3-7/h2-5H,6,12H2,1H3,(H,13,14). The fraction of sp³-hybridized carbons (Fsp3) is 0.300. The van der Waals surface area contributed by atoms with Crippen LogP contribution in [0.15, 0.2) is 28.7 Å². The van der Waals surface area contributed by atoms with Crippen molar-refractivity contribution in [3.63, 3.8) is 0 Å². The van der Waals surface area contributed by atoms with E-state index in [1.807, 2.05) is 24.3 Å². The Morgan fingerprint density at radius 2 is 2.00 bits per heavy atom. The van der Waals surface area contributed by atoms with E-state index in [4.69, 9.17) is 10.8 Å². The van der Waals surface area contributed by atoms with E-state index >= 15 is 0 Å². The third-order valence-electron chi connectivity index (χ3n) is 1.97. The molecule has 0 fully saturated rings. The average molecular weight is 258 g/mol. The first kappa shape index (κ1) is 11.2. The van der Waals surface area contributed by atoms with Gasteiger partial charge in [0, 0.05) is 10.9 Å². The smallest absolute Gasteiger partial charge is 0.323 e. The molecular weight excluding hydrogens is 246 g/mol. The summed E-state index contributed by atoms with van der Waals surface area (Å²) in [5, 5.41) is 8.82. The normalized spacial score (nSPS) is 14.8. The molecule has 1 unspecified atom stereocenters. The number of carboxylic acids is 1. The van der Waals surface area contributed by atoms with Gasteiger partial charge >= 0.3 is 5.97 Å². The number of rotatable bonds is 3. The lowest BCUT2D eigenvalue weighted by atomic mass is 9.94. The van der Waals surface area contributed by atoms with Crippen LogP contribution in [0.4, 0.5) is 0 Å². The first-order valence-electron chi connectivity index (χ1n) is 4.18. The van der Waals surface area contributed by atoms with Crippen molar-refractivity contribution in [2.45, 2.75) is 18.9 Å². The van der Waals surface area contributed by atoms with E-state index in [2.05, 4.69) is 15.9 Å². The second kappa shape index (κ2) is 4.11. The average Bonchev–Trinajstić information content (AvgIpc) is 2.08. The van der Waals surface area contributed by atoms with Gasteiger partial charge in [-0.25, -0.2) is 0 Å². The van der Waals surface area contributed by atoms with E-state index in [0.29, 0.717) is 6.42 Å². The summed E-state index contributed by atoms with van der Waals surface area (Å²) >= 11 is 3.31. The molecule has 4 heteroatoms. The molecule has 0 bridgehead atoms. The van der Waals surface area contributed by atoms with E-state index in [1.54, 1.807) is 0 Å². The molecule has 3 nitrogen and oxygen atoms in total. The maximum absolute atomic E-state index is 10.8. The quantitative estimate of drug-likeness (QED) is 0.868. The maximum Gasteiger partial charge on any atom is 0.323 e. The van der Waals surface area contributed by atoms with Gasteiger partial charge in [-0.1, -0.05) is 28.1 Å². The predicted molar refractivity (Wildman–Crippen MR) is 58.1 cm³/mol. The van der Waals surface area contributed by atoms with Gasteiger partial charge in [0.15, 0.2) is 0 Å². The monoisotopic (exact) mass is 257 g/mol. The second-order valence-corrected chi connectivity index (χ2v) is 4.44. The molecule has 1 rings (SSSR count). The Kier molecular flexibility index (Phi) is 3.29. The molecule has 0 aliphatic rings. The Hall–Kier alpha value is -0.870. The van der Waals surface area contributed by atoms with Crippen LogP contribution in [0.5, 0.6) is 0 Å². The summed E-state index contributed by atoms with van der Waals surface area (Å²) in [5.74, 6) is -0.986. The van der Waals surface area contributed by atoms with Gasteiger partial charge in [0.1, 0.15) is 5.54 Å². The lowest BCUT2D eigenvalue weighted by molar-refractivity contribution is -0.142. The van der Waals surface area contributed by atoms with Crippen LogP contribution in [0.3, 0.4) is 0 Å². The molecule has 0 heterocycles. The fourth-order valence-electron chi connectivity index (χ4n) is 1.10. The number of benzene rings is 1. The largest absolute Gasteiger partial charge is 0.480 e. The number of nitrogens with two attached hydrogens (primary N) is 1. The summed E-state index contributed by atoms with van der Waals surface area (Å²) in [6.45, 7) is 1.51. The molecule has 0 amide bonds. The van der Waals surface area contributed by atoms with Crippen LogP contribution >= 0.6 is 15.9 Å². The predicted octanol–water partition coefficient (Wildman–Crippen LogP) is 1.79. The number of carboxylic acid groups (broad SMARTS) is 1. The molecule has 0 saturated heterocycles. The molecule has 1 aromatic rings. The molecule has 0 aliphatic carbocycles. The summed E-state index contributed by atoms with van der Waals surface area (Å²) in [6.07, 6.45) is 0.329. The van der Waals surface area contributed by atoms with Gasteiger partial charge in [0.2, 0.25) is 0 Å². The Balaban J connectivity index is 2.79. The second-order valence-electron chi connectivity index (χ2n) is 3.53. The summed E-state index contributed by atoms with van der Waals surface area (Å²) in [6, 6.07) is 7.46. The molecule has 1 atom stereocenters. The van der Waals surface area contributed by atoms with E-state index in [1.165, 1.54) is 6.92 Å². The van der Waals surface area contributed by atoms with Crippen molar-refractivity contribution in [1.82, 2.24) is 0 Å². The van der Waals surface area contributed by atoms with Crippen molar-refractivity contribution in [2.75, 3.05) is 0 Å². The molecule has 0 spiro atoms. The van der Waals surface area contributed by atoms with Gasteiger partial charge in [0.05, 0.1) is 0 Å². The first-order valence-corrected chi connectivity index (χ1v) is 4.98. The lowest BCUT2D eigenvalue weighted by Crippen LogP contribution is -2.46. The van der Waals surface area contributed by atoms with E-state index in [9.17, 15) is 4.79 Å². The number of hydrogen-bond donors (Lipinski definition) is 2. The van der Waals surface area contributed by atoms with Crippen LogP contribution in [0.2, 0.25) is 0 Å². The van der Waals surface area contributed by atoms with Crippen LogP contribution in [0, 0.1) is 0 Å². The SMILES string of the molecule is CC(N)(Cc1ccc(Br)cc1)C(=O)O. The summed E-state index contributed by atoms with van der Waals surface area (Å²) in [7, 11) is 0. The van der Waals surface area contributed by atoms with Gasteiger partial charge in [0.25, 0.3) is 0 Å². The minimum atomic E-state index is -1.20. The van der Waals surface area contributed by atoms with Crippen molar-refractivity contribution in [2.24, 2.45) is 5.73 Å². The van der Waals surface area contributed by atoms with Gasteiger partial charge in [-0.05, 0) is 24.6 Å².